The van der Waals surface area contributed by atoms with Crippen molar-refractivity contribution in [3.05, 3.63) is 30.3 Å². The second kappa shape index (κ2) is 3.52. The van der Waals surface area contributed by atoms with Gasteiger partial charge in [0.15, 0.2) is 5.54 Å². The van der Waals surface area contributed by atoms with Crippen molar-refractivity contribution in [3.8, 4) is 0 Å². The molecule has 2 N–H and O–H groups in total. The van der Waals surface area contributed by atoms with E-state index in [1.807, 2.05) is 6.07 Å². The van der Waals surface area contributed by atoms with Gasteiger partial charge in [0.05, 0.1) is 6.54 Å². The van der Waals surface area contributed by atoms with E-state index in [1.165, 1.54) is 11.8 Å². The fraction of sp³-hybridized carbons (Fsp3) is 0.273. The Bertz CT molecular complexity index is 432. The van der Waals surface area contributed by atoms with Gasteiger partial charge in [-0.3, -0.25) is 4.90 Å². The highest BCUT2D eigenvalue weighted by Gasteiger charge is 2.45. The third kappa shape index (κ3) is 1.60. The lowest BCUT2D eigenvalue weighted by atomic mass is 10.0. The average Bonchev–Trinajstić information content (AvgIpc) is 2.57. The van der Waals surface area contributed by atoms with Crippen LogP contribution in [0.25, 0.3) is 0 Å². The lowest BCUT2D eigenvalue weighted by molar-refractivity contribution is -0.142. The maximum absolute atomic E-state index is 11.6. The fourth-order valence-corrected chi connectivity index (χ4v) is 1.67. The van der Waals surface area contributed by atoms with Gasteiger partial charge < -0.3 is 10.4 Å². The lowest BCUT2D eigenvalue weighted by Gasteiger charge is -2.18. The summed E-state index contributed by atoms with van der Waals surface area (Å²) in [5.41, 5.74) is -0.516. The summed E-state index contributed by atoms with van der Waals surface area (Å²) < 4.78 is 0. The minimum atomic E-state index is -1.22. The van der Waals surface area contributed by atoms with Crippen molar-refractivity contribution in [2.75, 3.05) is 11.4 Å². The summed E-state index contributed by atoms with van der Waals surface area (Å²) in [6.07, 6.45) is 0. The molecule has 5 nitrogen and oxygen atoms in total. The SMILES string of the molecule is CC1(C(=O)O)CN(c2ccccc2)C(=O)N1. The highest BCUT2D eigenvalue weighted by molar-refractivity contribution is 6.00. The molecular formula is C11H12N2O3. The molecule has 84 valence electrons. The van der Waals surface area contributed by atoms with Crippen LogP contribution in [0.2, 0.25) is 0 Å². The maximum atomic E-state index is 11.6. The third-order valence-corrected chi connectivity index (χ3v) is 2.64. The first-order valence-corrected chi connectivity index (χ1v) is 4.91. The Morgan fingerprint density at radius 2 is 2.06 bits per heavy atom. The van der Waals surface area contributed by atoms with Crippen LogP contribution in [-0.4, -0.2) is 29.2 Å². The normalized spacial score (nSPS) is 24.3. The molecule has 1 saturated heterocycles. The Labute approximate surface area is 92.7 Å². The first-order valence-electron chi connectivity index (χ1n) is 4.91. The smallest absolute Gasteiger partial charge is 0.331 e. The Balaban J connectivity index is 2.27. The number of carboxylic acids is 1. The molecule has 1 fully saturated rings. The number of hydrogen-bond acceptors (Lipinski definition) is 2. The van der Waals surface area contributed by atoms with E-state index in [2.05, 4.69) is 5.32 Å². The summed E-state index contributed by atoms with van der Waals surface area (Å²) in [6, 6.07) is 8.61. The summed E-state index contributed by atoms with van der Waals surface area (Å²) >= 11 is 0. The number of aliphatic carboxylic acids is 1. The molecule has 1 aliphatic rings. The second-order valence-corrected chi connectivity index (χ2v) is 3.99. The zero-order valence-electron chi connectivity index (χ0n) is 8.80. The molecule has 1 atom stereocenters. The van der Waals surface area contributed by atoms with E-state index in [0.29, 0.717) is 5.69 Å². The van der Waals surface area contributed by atoms with Crippen molar-refractivity contribution in [1.29, 1.82) is 0 Å². The average molecular weight is 220 g/mol. The maximum Gasteiger partial charge on any atom is 0.331 e. The predicted molar refractivity (Wildman–Crippen MR) is 58.4 cm³/mol. The number of anilines is 1. The number of amides is 2. The lowest BCUT2D eigenvalue weighted by Crippen LogP contribution is -2.47. The Kier molecular flexibility index (Phi) is 2.30. The van der Waals surface area contributed by atoms with Gasteiger partial charge >= 0.3 is 12.0 Å². The standard InChI is InChI=1S/C11H12N2O3/c1-11(9(14)15)7-13(10(16)12-11)8-5-3-2-4-6-8/h2-6H,7H2,1H3,(H,12,16)(H,14,15). The van der Waals surface area contributed by atoms with Crippen molar-refractivity contribution in [3.63, 3.8) is 0 Å². The first-order chi connectivity index (χ1) is 7.53. The van der Waals surface area contributed by atoms with Gasteiger partial charge in [-0.15, -0.1) is 0 Å². The molecule has 0 radical (unpaired) electrons. The molecule has 16 heavy (non-hydrogen) atoms. The number of urea groups is 1. The van der Waals surface area contributed by atoms with E-state index in [1.54, 1.807) is 24.3 Å². The van der Waals surface area contributed by atoms with Crippen LogP contribution in [0.1, 0.15) is 6.92 Å². The minimum Gasteiger partial charge on any atom is -0.479 e. The number of rotatable bonds is 2. The number of nitrogens with zero attached hydrogens (tertiary/aromatic N) is 1. The summed E-state index contributed by atoms with van der Waals surface area (Å²) in [6.45, 7) is 1.63. The van der Waals surface area contributed by atoms with E-state index in [-0.39, 0.29) is 12.6 Å². The summed E-state index contributed by atoms with van der Waals surface area (Å²) in [4.78, 5) is 24.1. The molecule has 1 heterocycles. The number of carbonyl (C=O) groups excluding carboxylic acids is 1. The van der Waals surface area contributed by atoms with Gasteiger partial charge in [0, 0.05) is 5.69 Å². The molecule has 1 unspecified atom stereocenters. The predicted octanol–water partition coefficient (Wildman–Crippen LogP) is 1.06. The molecule has 1 aliphatic heterocycles. The van der Waals surface area contributed by atoms with Crippen molar-refractivity contribution < 1.29 is 14.7 Å². The van der Waals surface area contributed by atoms with Crippen LogP contribution in [0.15, 0.2) is 30.3 Å². The van der Waals surface area contributed by atoms with Crippen LogP contribution in [0.5, 0.6) is 0 Å². The molecule has 1 aromatic carbocycles. The molecule has 0 spiro atoms. The van der Waals surface area contributed by atoms with Gasteiger partial charge in [-0.1, -0.05) is 18.2 Å². The van der Waals surface area contributed by atoms with Crippen LogP contribution in [-0.2, 0) is 4.79 Å². The zero-order chi connectivity index (χ0) is 11.8. The van der Waals surface area contributed by atoms with Gasteiger partial charge in [-0.2, -0.15) is 0 Å². The topological polar surface area (TPSA) is 69.6 Å². The number of para-hydroxylation sites is 1. The number of nitrogens with one attached hydrogen (secondary N) is 1. The molecular weight excluding hydrogens is 208 g/mol. The van der Waals surface area contributed by atoms with Crippen LogP contribution < -0.4 is 10.2 Å². The Morgan fingerprint density at radius 1 is 1.44 bits per heavy atom. The molecule has 1 aromatic rings. The van der Waals surface area contributed by atoms with E-state index in [4.69, 9.17) is 5.11 Å². The van der Waals surface area contributed by atoms with Gasteiger partial charge in [0.25, 0.3) is 0 Å². The van der Waals surface area contributed by atoms with Crippen molar-refractivity contribution >= 4 is 17.7 Å². The summed E-state index contributed by atoms with van der Waals surface area (Å²) in [5, 5.41) is 11.5. The monoisotopic (exact) mass is 220 g/mol. The number of benzene rings is 1. The summed E-state index contributed by atoms with van der Waals surface area (Å²) in [5.74, 6) is -1.03. The Hall–Kier alpha value is -2.04. The Morgan fingerprint density at radius 3 is 2.56 bits per heavy atom. The fourth-order valence-electron chi connectivity index (χ4n) is 1.67. The van der Waals surface area contributed by atoms with Gasteiger partial charge in [-0.05, 0) is 19.1 Å². The molecule has 0 saturated carbocycles. The third-order valence-electron chi connectivity index (χ3n) is 2.64. The molecule has 0 aliphatic carbocycles. The quantitative estimate of drug-likeness (QED) is 0.783. The van der Waals surface area contributed by atoms with E-state index in [0.717, 1.165) is 0 Å². The number of hydrogen-bond donors (Lipinski definition) is 2. The number of carbonyl (C=O) groups is 2. The zero-order valence-corrected chi connectivity index (χ0v) is 8.80. The number of carboxylic acid groups (broad SMARTS) is 1. The van der Waals surface area contributed by atoms with Crippen molar-refractivity contribution in [2.45, 2.75) is 12.5 Å². The van der Waals surface area contributed by atoms with Gasteiger partial charge in [0.1, 0.15) is 0 Å². The first kappa shape index (κ1) is 10.5. The molecule has 0 bridgehead atoms. The van der Waals surface area contributed by atoms with E-state index < -0.39 is 11.5 Å². The van der Waals surface area contributed by atoms with Crippen molar-refractivity contribution in [1.82, 2.24) is 5.32 Å². The highest BCUT2D eigenvalue weighted by Crippen LogP contribution is 2.22. The van der Waals surface area contributed by atoms with E-state index >= 15 is 0 Å². The van der Waals surface area contributed by atoms with E-state index in [9.17, 15) is 9.59 Å². The summed E-state index contributed by atoms with van der Waals surface area (Å²) in [7, 11) is 0. The van der Waals surface area contributed by atoms with Crippen LogP contribution >= 0.6 is 0 Å². The van der Waals surface area contributed by atoms with Crippen molar-refractivity contribution in [2.24, 2.45) is 0 Å². The second-order valence-electron chi connectivity index (χ2n) is 3.99. The van der Waals surface area contributed by atoms with Crippen LogP contribution in [0.4, 0.5) is 10.5 Å². The molecule has 2 rings (SSSR count). The van der Waals surface area contributed by atoms with Crippen LogP contribution in [0, 0.1) is 0 Å². The highest BCUT2D eigenvalue weighted by atomic mass is 16.4. The van der Waals surface area contributed by atoms with Gasteiger partial charge in [-0.25, -0.2) is 9.59 Å². The van der Waals surface area contributed by atoms with Gasteiger partial charge in [0.2, 0.25) is 0 Å². The molecule has 0 aromatic heterocycles. The van der Waals surface area contributed by atoms with Crippen LogP contribution in [0.3, 0.4) is 0 Å². The molecule has 5 heteroatoms. The largest absolute Gasteiger partial charge is 0.479 e. The minimum absolute atomic E-state index is 0.130. The molecule has 2 amide bonds.